The molecule has 1 aliphatic heterocycles. The minimum Gasteiger partial charge on any atom is -0.477 e. The Balaban J connectivity index is 1.71. The molecule has 0 saturated carbocycles. The van der Waals surface area contributed by atoms with Gasteiger partial charge >= 0.3 is 0 Å². The fourth-order valence-electron chi connectivity index (χ4n) is 1.70. The second kappa shape index (κ2) is 3.87. The van der Waals surface area contributed by atoms with Crippen molar-refractivity contribution in [2.75, 3.05) is 11.9 Å². The molecule has 2 aromatic heterocycles. The molecule has 2 aromatic rings. The Kier molecular flexibility index (Phi) is 2.38. The van der Waals surface area contributed by atoms with Crippen molar-refractivity contribution in [3.63, 3.8) is 0 Å². The fourth-order valence-corrected chi connectivity index (χ4v) is 3.26. The molecule has 0 saturated heterocycles. The zero-order chi connectivity index (χ0) is 10.1. The van der Waals surface area contributed by atoms with E-state index in [1.165, 1.54) is 4.88 Å². The predicted octanol–water partition coefficient (Wildman–Crippen LogP) is 3.23. The fraction of sp³-hybridized carbons (Fsp3) is 0.273. The molecule has 1 N–H and O–H groups in total. The third-order valence-electron chi connectivity index (χ3n) is 2.43. The zero-order valence-corrected chi connectivity index (χ0v) is 9.74. The third kappa shape index (κ3) is 1.87. The molecule has 1 atom stereocenters. The first-order valence-electron chi connectivity index (χ1n) is 4.92. The summed E-state index contributed by atoms with van der Waals surface area (Å²) in [4.78, 5) is 1.39. The molecule has 0 aliphatic carbocycles. The summed E-state index contributed by atoms with van der Waals surface area (Å²) in [6.07, 6.45) is 1.27. The SMILES string of the molecule is c1csc(CC2CNc3ccsc3O2)c1. The van der Waals surface area contributed by atoms with Crippen molar-refractivity contribution in [2.24, 2.45) is 0 Å². The number of nitrogens with one attached hydrogen (secondary N) is 1. The Morgan fingerprint density at radius 1 is 1.33 bits per heavy atom. The second-order valence-corrected chi connectivity index (χ2v) is 5.44. The van der Waals surface area contributed by atoms with Crippen LogP contribution in [0.2, 0.25) is 0 Å². The largest absolute Gasteiger partial charge is 0.477 e. The van der Waals surface area contributed by atoms with Crippen molar-refractivity contribution in [1.82, 2.24) is 0 Å². The highest BCUT2D eigenvalue weighted by molar-refractivity contribution is 7.12. The summed E-state index contributed by atoms with van der Waals surface area (Å²) in [6, 6.07) is 6.33. The lowest BCUT2D eigenvalue weighted by Crippen LogP contribution is -2.31. The molecule has 0 fully saturated rings. The first kappa shape index (κ1) is 9.24. The van der Waals surface area contributed by atoms with E-state index in [0.29, 0.717) is 0 Å². The normalized spacial score (nSPS) is 19.1. The van der Waals surface area contributed by atoms with Gasteiger partial charge < -0.3 is 10.1 Å². The average molecular weight is 237 g/mol. The standard InChI is InChI=1S/C11H11NOS2/c1-2-9(14-4-1)6-8-7-12-10-3-5-15-11(10)13-8/h1-5,8,12H,6-7H2. The summed E-state index contributed by atoms with van der Waals surface area (Å²) in [7, 11) is 0. The predicted molar refractivity (Wildman–Crippen MR) is 65.2 cm³/mol. The molecule has 78 valence electrons. The van der Waals surface area contributed by atoms with Crippen LogP contribution in [0.3, 0.4) is 0 Å². The highest BCUT2D eigenvalue weighted by Crippen LogP contribution is 2.35. The summed E-state index contributed by atoms with van der Waals surface area (Å²) < 4.78 is 5.91. The van der Waals surface area contributed by atoms with Gasteiger partial charge in [-0.1, -0.05) is 6.07 Å². The number of hydrogen-bond acceptors (Lipinski definition) is 4. The van der Waals surface area contributed by atoms with Crippen molar-refractivity contribution in [3.05, 3.63) is 33.8 Å². The van der Waals surface area contributed by atoms with E-state index in [2.05, 4.69) is 34.3 Å². The lowest BCUT2D eigenvalue weighted by Gasteiger charge is -2.24. The minimum absolute atomic E-state index is 0.273. The quantitative estimate of drug-likeness (QED) is 0.866. The molecular weight excluding hydrogens is 226 g/mol. The van der Waals surface area contributed by atoms with Crippen molar-refractivity contribution in [3.8, 4) is 5.06 Å². The number of anilines is 1. The molecule has 1 aliphatic rings. The topological polar surface area (TPSA) is 21.3 Å². The van der Waals surface area contributed by atoms with Crippen molar-refractivity contribution in [1.29, 1.82) is 0 Å². The van der Waals surface area contributed by atoms with E-state index in [1.54, 1.807) is 22.7 Å². The van der Waals surface area contributed by atoms with E-state index in [1.807, 2.05) is 0 Å². The van der Waals surface area contributed by atoms with Crippen LogP contribution in [0, 0.1) is 0 Å². The van der Waals surface area contributed by atoms with Crippen molar-refractivity contribution in [2.45, 2.75) is 12.5 Å². The molecule has 3 rings (SSSR count). The third-order valence-corrected chi connectivity index (χ3v) is 4.13. The van der Waals surface area contributed by atoms with Gasteiger partial charge in [0.25, 0.3) is 0 Å². The van der Waals surface area contributed by atoms with Crippen LogP contribution in [-0.2, 0) is 6.42 Å². The molecule has 0 amide bonds. The van der Waals surface area contributed by atoms with E-state index in [4.69, 9.17) is 4.74 Å². The summed E-state index contributed by atoms with van der Waals surface area (Å²) >= 11 is 3.46. The first-order valence-corrected chi connectivity index (χ1v) is 6.68. The van der Waals surface area contributed by atoms with E-state index in [-0.39, 0.29) is 6.10 Å². The molecule has 3 heterocycles. The van der Waals surface area contributed by atoms with Gasteiger partial charge in [0.2, 0.25) is 0 Å². The lowest BCUT2D eigenvalue weighted by atomic mass is 10.2. The smallest absolute Gasteiger partial charge is 0.197 e. The zero-order valence-electron chi connectivity index (χ0n) is 8.10. The summed E-state index contributed by atoms with van der Waals surface area (Å²) in [5.41, 5.74) is 1.14. The van der Waals surface area contributed by atoms with Crippen molar-refractivity contribution < 1.29 is 4.74 Å². The van der Waals surface area contributed by atoms with E-state index in [0.717, 1.165) is 23.7 Å². The van der Waals surface area contributed by atoms with Gasteiger partial charge in [-0.05, 0) is 22.9 Å². The van der Waals surface area contributed by atoms with Gasteiger partial charge in [0.1, 0.15) is 6.10 Å². The molecule has 1 unspecified atom stereocenters. The highest BCUT2D eigenvalue weighted by Gasteiger charge is 2.20. The molecule has 0 aromatic carbocycles. The number of hydrogen-bond donors (Lipinski definition) is 1. The van der Waals surface area contributed by atoms with Gasteiger partial charge in [0, 0.05) is 11.3 Å². The van der Waals surface area contributed by atoms with Crippen LogP contribution < -0.4 is 10.1 Å². The Bertz CT molecular complexity index is 435. The van der Waals surface area contributed by atoms with Crippen LogP contribution in [0.5, 0.6) is 5.06 Å². The second-order valence-electron chi connectivity index (χ2n) is 3.53. The lowest BCUT2D eigenvalue weighted by molar-refractivity contribution is 0.214. The molecule has 2 nitrogen and oxygen atoms in total. The van der Waals surface area contributed by atoms with Crippen LogP contribution in [0.1, 0.15) is 4.88 Å². The Morgan fingerprint density at radius 3 is 3.20 bits per heavy atom. The maximum absolute atomic E-state index is 5.91. The van der Waals surface area contributed by atoms with Crippen LogP contribution in [0.25, 0.3) is 0 Å². The van der Waals surface area contributed by atoms with E-state index in [9.17, 15) is 0 Å². The summed E-state index contributed by atoms with van der Waals surface area (Å²) in [6.45, 7) is 0.904. The Hall–Kier alpha value is -1.00. The first-order chi connectivity index (χ1) is 7.42. The number of ether oxygens (including phenoxy) is 1. The Labute approximate surface area is 96.5 Å². The van der Waals surface area contributed by atoms with E-state index >= 15 is 0 Å². The van der Waals surface area contributed by atoms with Crippen LogP contribution in [0.4, 0.5) is 5.69 Å². The van der Waals surface area contributed by atoms with Crippen LogP contribution >= 0.6 is 22.7 Å². The van der Waals surface area contributed by atoms with Gasteiger partial charge in [-0.2, -0.15) is 0 Å². The van der Waals surface area contributed by atoms with Gasteiger partial charge in [-0.3, -0.25) is 0 Å². The Morgan fingerprint density at radius 2 is 2.33 bits per heavy atom. The van der Waals surface area contributed by atoms with Gasteiger partial charge in [-0.25, -0.2) is 0 Å². The summed E-state index contributed by atoms with van der Waals surface area (Å²) in [5, 5.41) is 8.60. The number of fused-ring (bicyclic) bond motifs is 1. The van der Waals surface area contributed by atoms with E-state index < -0.39 is 0 Å². The molecule has 0 bridgehead atoms. The minimum atomic E-state index is 0.273. The monoisotopic (exact) mass is 237 g/mol. The molecular formula is C11H11NOS2. The molecule has 4 heteroatoms. The maximum Gasteiger partial charge on any atom is 0.197 e. The van der Waals surface area contributed by atoms with Gasteiger partial charge in [0.15, 0.2) is 5.06 Å². The number of rotatable bonds is 2. The average Bonchev–Trinajstić information content (AvgIpc) is 2.87. The van der Waals surface area contributed by atoms with Gasteiger partial charge in [-0.15, -0.1) is 22.7 Å². The summed E-state index contributed by atoms with van der Waals surface area (Å²) in [5.74, 6) is 0. The molecule has 0 spiro atoms. The maximum atomic E-state index is 5.91. The van der Waals surface area contributed by atoms with Crippen LogP contribution in [0.15, 0.2) is 29.0 Å². The van der Waals surface area contributed by atoms with Crippen molar-refractivity contribution >= 4 is 28.4 Å². The number of thiophene rings is 2. The van der Waals surface area contributed by atoms with Crippen LogP contribution in [-0.4, -0.2) is 12.6 Å². The van der Waals surface area contributed by atoms with Gasteiger partial charge in [0.05, 0.1) is 12.2 Å². The highest BCUT2D eigenvalue weighted by atomic mass is 32.1. The molecule has 0 radical (unpaired) electrons. The molecule has 15 heavy (non-hydrogen) atoms.